The third-order valence-electron chi connectivity index (χ3n) is 2.89. The molecular formula is C14H13Cl2N5O. The second-order valence-electron chi connectivity index (χ2n) is 4.34. The number of carbonyl (C=O) groups is 1. The van der Waals surface area contributed by atoms with E-state index in [4.69, 9.17) is 34.5 Å². The molecule has 0 aliphatic rings. The zero-order valence-corrected chi connectivity index (χ0v) is 12.9. The van der Waals surface area contributed by atoms with Gasteiger partial charge in [-0.05, 0) is 29.8 Å². The van der Waals surface area contributed by atoms with Gasteiger partial charge in [-0.2, -0.15) is 0 Å². The van der Waals surface area contributed by atoms with Crippen molar-refractivity contribution in [2.75, 3.05) is 5.32 Å². The van der Waals surface area contributed by atoms with E-state index in [0.29, 0.717) is 22.3 Å². The largest absolute Gasteiger partial charge is 0.379 e. The van der Waals surface area contributed by atoms with Crippen LogP contribution in [0.5, 0.6) is 0 Å². The number of carbonyl (C=O) groups excluding carboxylic acids is 1. The number of benzene rings is 1. The Labute approximate surface area is 137 Å². The Bertz CT molecular complexity index is 720. The molecule has 1 amide bonds. The molecule has 1 aromatic heterocycles. The molecule has 0 aliphatic heterocycles. The molecule has 22 heavy (non-hydrogen) atoms. The fourth-order valence-corrected chi connectivity index (χ4v) is 2.26. The van der Waals surface area contributed by atoms with Gasteiger partial charge in [0, 0.05) is 22.8 Å². The van der Waals surface area contributed by atoms with Crippen LogP contribution < -0.4 is 16.6 Å². The zero-order chi connectivity index (χ0) is 16.1. The molecule has 0 atom stereocenters. The van der Waals surface area contributed by atoms with Crippen LogP contribution >= 0.6 is 23.2 Å². The normalized spacial score (nSPS) is 10.1. The molecule has 0 bridgehead atoms. The van der Waals surface area contributed by atoms with Crippen molar-refractivity contribution < 1.29 is 4.79 Å². The van der Waals surface area contributed by atoms with Gasteiger partial charge in [-0.3, -0.25) is 20.6 Å². The molecule has 0 spiro atoms. The summed E-state index contributed by atoms with van der Waals surface area (Å²) in [6, 6.07) is 8.59. The monoisotopic (exact) mass is 337 g/mol. The lowest BCUT2D eigenvalue weighted by atomic mass is 10.1. The van der Waals surface area contributed by atoms with Gasteiger partial charge in [-0.1, -0.05) is 29.3 Å². The molecule has 8 heteroatoms. The van der Waals surface area contributed by atoms with Crippen LogP contribution in [0.25, 0.3) is 0 Å². The molecule has 0 fully saturated rings. The van der Waals surface area contributed by atoms with Gasteiger partial charge in [0.2, 0.25) is 0 Å². The van der Waals surface area contributed by atoms with Crippen LogP contribution in [0.3, 0.4) is 0 Å². The first-order chi connectivity index (χ1) is 10.5. The number of rotatable bonds is 5. The van der Waals surface area contributed by atoms with E-state index in [2.05, 4.69) is 10.3 Å². The molecule has 2 aromatic rings. The van der Waals surface area contributed by atoms with Crippen molar-refractivity contribution in [2.24, 2.45) is 5.84 Å². The molecule has 1 aromatic carbocycles. The van der Waals surface area contributed by atoms with Crippen molar-refractivity contribution in [1.82, 2.24) is 10.4 Å². The quantitative estimate of drug-likeness (QED) is 0.291. The van der Waals surface area contributed by atoms with E-state index in [-0.39, 0.29) is 11.4 Å². The summed E-state index contributed by atoms with van der Waals surface area (Å²) in [6.45, 7) is 0.395. The average Bonchev–Trinajstić information content (AvgIpc) is 2.53. The number of halogens is 2. The van der Waals surface area contributed by atoms with Crippen molar-refractivity contribution >= 4 is 40.5 Å². The lowest BCUT2D eigenvalue weighted by Crippen LogP contribution is -2.36. The van der Waals surface area contributed by atoms with Gasteiger partial charge in [-0.15, -0.1) is 0 Å². The Morgan fingerprint density at radius 3 is 2.77 bits per heavy atom. The first kappa shape index (κ1) is 16.2. The molecule has 0 saturated carbocycles. The van der Waals surface area contributed by atoms with Crippen molar-refractivity contribution in [3.8, 4) is 0 Å². The van der Waals surface area contributed by atoms with Gasteiger partial charge in [0.05, 0.1) is 5.69 Å². The highest BCUT2D eigenvalue weighted by Crippen LogP contribution is 2.22. The number of aromatic nitrogens is 1. The van der Waals surface area contributed by atoms with E-state index in [0.717, 1.165) is 5.56 Å². The van der Waals surface area contributed by atoms with Crippen LogP contribution in [0.2, 0.25) is 10.0 Å². The minimum atomic E-state index is -0.716. The van der Waals surface area contributed by atoms with Crippen molar-refractivity contribution in [2.45, 2.75) is 6.54 Å². The number of pyridine rings is 1. The topological polar surface area (TPSA) is 104 Å². The molecule has 5 N–H and O–H groups in total. The van der Waals surface area contributed by atoms with E-state index < -0.39 is 5.91 Å². The third-order valence-corrected chi connectivity index (χ3v) is 3.47. The number of anilines is 1. The van der Waals surface area contributed by atoms with E-state index in [1.807, 2.05) is 5.43 Å². The maximum Gasteiger partial charge on any atom is 0.285 e. The summed E-state index contributed by atoms with van der Waals surface area (Å²) in [5, 5.41) is 12.0. The molecule has 0 unspecified atom stereocenters. The first-order valence-corrected chi connectivity index (χ1v) is 7.01. The lowest BCUT2D eigenvalue weighted by Gasteiger charge is -2.12. The van der Waals surface area contributed by atoms with E-state index >= 15 is 0 Å². The fourth-order valence-electron chi connectivity index (χ4n) is 1.78. The molecule has 0 saturated heterocycles. The average molecular weight is 338 g/mol. The Balaban J connectivity index is 2.20. The number of amides is 1. The van der Waals surface area contributed by atoms with Crippen LogP contribution in [-0.2, 0) is 11.3 Å². The number of nitrogens with one attached hydrogen (secondary N) is 3. The van der Waals surface area contributed by atoms with Gasteiger partial charge < -0.3 is 5.32 Å². The summed E-state index contributed by atoms with van der Waals surface area (Å²) in [7, 11) is 0. The highest BCUT2D eigenvalue weighted by Gasteiger charge is 2.16. The van der Waals surface area contributed by atoms with Gasteiger partial charge in [0.1, 0.15) is 11.4 Å². The molecule has 0 radical (unpaired) electrons. The molecule has 1 heterocycles. The van der Waals surface area contributed by atoms with E-state index in [9.17, 15) is 4.79 Å². The Kier molecular flexibility index (Phi) is 5.32. The van der Waals surface area contributed by atoms with Gasteiger partial charge in [0.25, 0.3) is 5.91 Å². The Hall–Kier alpha value is -2.15. The summed E-state index contributed by atoms with van der Waals surface area (Å²) in [5.41, 5.74) is 3.15. The molecule has 2 rings (SSSR count). The smallest absolute Gasteiger partial charge is 0.285 e. The standard InChI is InChI=1S/C14H13Cl2N5O/c15-9-4-3-8(10(16)6-9)7-20-11-2-1-5-19-13(11)12(17)14(22)21-18/h1-6,17,20H,7,18H2,(H,21,22). The second kappa shape index (κ2) is 7.22. The van der Waals surface area contributed by atoms with E-state index in [1.165, 1.54) is 6.20 Å². The predicted molar refractivity (Wildman–Crippen MR) is 87.2 cm³/mol. The number of hydrogen-bond acceptors (Lipinski definition) is 5. The molecular weight excluding hydrogens is 325 g/mol. The molecule has 6 nitrogen and oxygen atoms in total. The van der Waals surface area contributed by atoms with Crippen molar-refractivity contribution in [1.29, 1.82) is 5.41 Å². The SMILES string of the molecule is N=C(C(=O)NN)c1ncccc1NCc1ccc(Cl)cc1Cl. The number of hydrogen-bond donors (Lipinski definition) is 4. The molecule has 0 aliphatic carbocycles. The van der Waals surface area contributed by atoms with Gasteiger partial charge in [-0.25, -0.2) is 5.84 Å². The lowest BCUT2D eigenvalue weighted by molar-refractivity contribution is -0.114. The summed E-state index contributed by atoms with van der Waals surface area (Å²) >= 11 is 12.0. The van der Waals surface area contributed by atoms with Crippen LogP contribution in [0.1, 0.15) is 11.3 Å². The number of nitrogens with two attached hydrogens (primary N) is 1. The minimum Gasteiger partial charge on any atom is -0.379 e. The number of hydrazine groups is 1. The van der Waals surface area contributed by atoms with E-state index in [1.54, 1.807) is 30.3 Å². The Morgan fingerprint density at radius 2 is 2.09 bits per heavy atom. The van der Waals surface area contributed by atoms with Crippen molar-refractivity contribution in [3.05, 3.63) is 57.8 Å². The highest BCUT2D eigenvalue weighted by atomic mass is 35.5. The summed E-state index contributed by atoms with van der Waals surface area (Å²) < 4.78 is 0. The van der Waals surface area contributed by atoms with Crippen LogP contribution in [0.15, 0.2) is 36.5 Å². The minimum absolute atomic E-state index is 0.204. The summed E-state index contributed by atoms with van der Waals surface area (Å²) in [6.07, 6.45) is 1.49. The maximum atomic E-state index is 11.5. The van der Waals surface area contributed by atoms with Gasteiger partial charge in [0.15, 0.2) is 0 Å². The van der Waals surface area contributed by atoms with Crippen LogP contribution in [0, 0.1) is 5.41 Å². The summed E-state index contributed by atoms with van der Waals surface area (Å²) in [4.78, 5) is 15.5. The zero-order valence-electron chi connectivity index (χ0n) is 11.4. The second-order valence-corrected chi connectivity index (χ2v) is 5.18. The van der Waals surface area contributed by atoms with Crippen LogP contribution in [0.4, 0.5) is 5.69 Å². The fraction of sp³-hybridized carbons (Fsp3) is 0.0714. The summed E-state index contributed by atoms with van der Waals surface area (Å²) in [5.74, 6) is 4.32. The number of nitrogens with zero attached hydrogens (tertiary/aromatic N) is 1. The van der Waals surface area contributed by atoms with Gasteiger partial charge >= 0.3 is 0 Å². The highest BCUT2D eigenvalue weighted by molar-refractivity contribution is 6.44. The molecule has 114 valence electrons. The first-order valence-electron chi connectivity index (χ1n) is 6.25. The van der Waals surface area contributed by atoms with Crippen molar-refractivity contribution in [3.63, 3.8) is 0 Å². The van der Waals surface area contributed by atoms with Crippen LogP contribution in [-0.4, -0.2) is 16.6 Å². The predicted octanol–water partition coefficient (Wildman–Crippen LogP) is 2.36. The third kappa shape index (κ3) is 3.73. The maximum absolute atomic E-state index is 11.5. The Morgan fingerprint density at radius 1 is 1.32 bits per heavy atom.